The number of aryl methyl sites for hydroxylation is 1. The number of rotatable bonds is 2. The van der Waals surface area contributed by atoms with Crippen LogP contribution in [0.5, 0.6) is 0 Å². The molecule has 1 aromatic heterocycles. The number of hydrogen-bond acceptors (Lipinski definition) is 4. The number of aromatic nitrogens is 1. The van der Waals surface area contributed by atoms with E-state index < -0.39 is 12.0 Å². The molecule has 1 atom stereocenters. The second-order valence-corrected chi connectivity index (χ2v) is 3.16. The van der Waals surface area contributed by atoms with Gasteiger partial charge in [0.15, 0.2) is 0 Å². The van der Waals surface area contributed by atoms with E-state index in [1.165, 1.54) is 17.7 Å². The Bertz CT molecular complexity index is 271. The highest BCUT2D eigenvalue weighted by Crippen LogP contribution is 2.17. The van der Waals surface area contributed by atoms with Gasteiger partial charge in [-0.15, -0.1) is 0 Å². The van der Waals surface area contributed by atoms with Gasteiger partial charge in [-0.3, -0.25) is 4.79 Å². The Balaban J connectivity index is 2.92. The molecule has 0 aliphatic carbocycles. The first-order valence-corrected chi connectivity index (χ1v) is 3.80. The normalized spacial score (nSPS) is 12.9. The van der Waals surface area contributed by atoms with E-state index in [0.717, 1.165) is 4.88 Å². The van der Waals surface area contributed by atoms with E-state index in [4.69, 9.17) is 10.8 Å². The molecule has 0 bridgehead atoms. The van der Waals surface area contributed by atoms with Crippen LogP contribution in [0.15, 0.2) is 6.20 Å². The van der Waals surface area contributed by atoms with Crippen molar-refractivity contribution in [1.29, 1.82) is 0 Å². The van der Waals surface area contributed by atoms with Crippen LogP contribution in [0.2, 0.25) is 0 Å². The predicted molar refractivity (Wildman–Crippen MR) is 41.4 cm³/mol. The first-order chi connectivity index (χ1) is 5.13. The minimum Gasteiger partial charge on any atom is -0.480 e. The minimum absolute atomic E-state index is 0.600. The minimum atomic E-state index is -1.02. The van der Waals surface area contributed by atoms with Gasteiger partial charge in [0.25, 0.3) is 0 Å². The van der Waals surface area contributed by atoms with Crippen LogP contribution in [-0.4, -0.2) is 15.4 Å². The highest BCUT2D eigenvalue weighted by Gasteiger charge is 2.17. The summed E-state index contributed by atoms with van der Waals surface area (Å²) in [6.07, 6.45) is 1.50. The first-order valence-electron chi connectivity index (χ1n) is 3.02. The Kier molecular flexibility index (Phi) is 2.21. The van der Waals surface area contributed by atoms with Crippen molar-refractivity contribution in [3.63, 3.8) is 0 Å². The molecule has 1 heterocycles. The van der Waals surface area contributed by atoms with E-state index >= 15 is 0 Å². The summed E-state index contributed by atoms with van der Waals surface area (Å²) in [6.45, 7) is 1.80. The zero-order valence-corrected chi connectivity index (χ0v) is 6.76. The maximum atomic E-state index is 10.4. The zero-order chi connectivity index (χ0) is 8.43. The molecule has 11 heavy (non-hydrogen) atoms. The van der Waals surface area contributed by atoms with Crippen molar-refractivity contribution < 1.29 is 9.90 Å². The summed E-state index contributed by atoms with van der Waals surface area (Å²) in [5, 5.41) is 8.53. The van der Waals surface area contributed by atoms with Gasteiger partial charge in [-0.05, 0) is 18.5 Å². The molecule has 0 saturated heterocycles. The Morgan fingerprint density at radius 3 is 2.91 bits per heavy atom. The third-order valence-corrected chi connectivity index (χ3v) is 2.11. The van der Waals surface area contributed by atoms with Crippen LogP contribution in [0.25, 0.3) is 0 Å². The lowest BCUT2D eigenvalue weighted by atomic mass is 10.1. The summed E-state index contributed by atoms with van der Waals surface area (Å²) in [5.74, 6) is -1.02. The number of nitrogens with two attached hydrogens (primary N) is 1. The smallest absolute Gasteiger partial charge is 0.325 e. The molecule has 1 rings (SSSR count). The molecule has 0 fully saturated rings. The van der Waals surface area contributed by atoms with Crippen molar-refractivity contribution in [2.45, 2.75) is 13.0 Å². The average Bonchev–Trinajstić information content (AvgIpc) is 2.33. The Morgan fingerprint density at radius 2 is 2.55 bits per heavy atom. The van der Waals surface area contributed by atoms with Gasteiger partial charge < -0.3 is 10.8 Å². The van der Waals surface area contributed by atoms with Crippen molar-refractivity contribution in [2.75, 3.05) is 0 Å². The van der Waals surface area contributed by atoms with Gasteiger partial charge in [-0.2, -0.15) is 0 Å². The van der Waals surface area contributed by atoms with E-state index in [1.54, 1.807) is 6.92 Å². The van der Waals surface area contributed by atoms with Gasteiger partial charge in [0.2, 0.25) is 0 Å². The van der Waals surface area contributed by atoms with Gasteiger partial charge in [-0.1, -0.05) is 0 Å². The van der Waals surface area contributed by atoms with Crippen LogP contribution in [0.4, 0.5) is 0 Å². The fraction of sp³-hybridized carbons (Fsp3) is 0.333. The van der Waals surface area contributed by atoms with Gasteiger partial charge in [0.05, 0.1) is 0 Å². The Hall–Kier alpha value is -0.940. The molecular formula is C6H8N2O2S. The predicted octanol–water partition coefficient (Wildman–Crippen LogP) is 0.536. The zero-order valence-electron chi connectivity index (χ0n) is 5.94. The summed E-state index contributed by atoms with van der Waals surface area (Å²) in [5.41, 5.74) is 5.95. The van der Waals surface area contributed by atoms with Crippen molar-refractivity contribution in [3.8, 4) is 0 Å². The van der Waals surface area contributed by atoms with E-state index in [2.05, 4.69) is 4.37 Å². The number of carboxylic acids is 1. The molecule has 3 N–H and O–H groups in total. The topological polar surface area (TPSA) is 76.2 Å². The van der Waals surface area contributed by atoms with Gasteiger partial charge in [0, 0.05) is 16.6 Å². The fourth-order valence-corrected chi connectivity index (χ4v) is 1.35. The lowest BCUT2D eigenvalue weighted by Gasteiger charge is -2.02. The standard InChI is InChI=1S/C6H8N2O2S/c1-3-4(2-8-11-3)5(7)6(9)10/h2,5H,7H2,1H3,(H,9,10). The first kappa shape index (κ1) is 8.16. The van der Waals surface area contributed by atoms with Crippen LogP contribution >= 0.6 is 11.5 Å². The molecule has 0 saturated carbocycles. The molecule has 1 unspecified atom stereocenters. The summed E-state index contributed by atoms with van der Waals surface area (Å²) >= 11 is 1.26. The summed E-state index contributed by atoms with van der Waals surface area (Å²) in [4.78, 5) is 11.3. The maximum Gasteiger partial charge on any atom is 0.325 e. The van der Waals surface area contributed by atoms with Crippen LogP contribution in [0.3, 0.4) is 0 Å². The largest absolute Gasteiger partial charge is 0.480 e. The monoisotopic (exact) mass is 172 g/mol. The number of carbonyl (C=O) groups is 1. The molecule has 0 aliphatic heterocycles. The molecule has 60 valence electrons. The molecule has 0 aromatic carbocycles. The van der Waals surface area contributed by atoms with Crippen molar-refractivity contribution in [2.24, 2.45) is 5.73 Å². The number of carboxylic acid groups (broad SMARTS) is 1. The Morgan fingerprint density at radius 1 is 1.91 bits per heavy atom. The third-order valence-electron chi connectivity index (χ3n) is 1.39. The van der Waals surface area contributed by atoms with Crippen molar-refractivity contribution >= 4 is 17.5 Å². The second-order valence-electron chi connectivity index (χ2n) is 2.15. The molecule has 4 nitrogen and oxygen atoms in total. The van der Waals surface area contributed by atoms with E-state index in [9.17, 15) is 4.79 Å². The van der Waals surface area contributed by atoms with Crippen LogP contribution in [-0.2, 0) is 4.79 Å². The molecule has 0 amide bonds. The van der Waals surface area contributed by atoms with Gasteiger partial charge in [0.1, 0.15) is 6.04 Å². The molecular weight excluding hydrogens is 164 g/mol. The van der Waals surface area contributed by atoms with Crippen LogP contribution in [0, 0.1) is 6.92 Å². The maximum absolute atomic E-state index is 10.4. The van der Waals surface area contributed by atoms with Crippen LogP contribution in [0.1, 0.15) is 16.5 Å². The number of hydrogen-bond donors (Lipinski definition) is 2. The van der Waals surface area contributed by atoms with E-state index in [1.807, 2.05) is 0 Å². The van der Waals surface area contributed by atoms with Crippen LogP contribution < -0.4 is 5.73 Å². The molecule has 0 spiro atoms. The Labute approximate surface area is 67.8 Å². The molecule has 1 aromatic rings. The van der Waals surface area contributed by atoms with Crippen molar-refractivity contribution in [1.82, 2.24) is 4.37 Å². The highest BCUT2D eigenvalue weighted by atomic mass is 32.1. The summed E-state index contributed by atoms with van der Waals surface area (Å²) in [7, 11) is 0. The quantitative estimate of drug-likeness (QED) is 0.682. The summed E-state index contributed by atoms with van der Waals surface area (Å²) < 4.78 is 3.82. The highest BCUT2D eigenvalue weighted by molar-refractivity contribution is 7.05. The van der Waals surface area contributed by atoms with Gasteiger partial charge >= 0.3 is 5.97 Å². The molecule has 5 heteroatoms. The lowest BCUT2D eigenvalue weighted by Crippen LogP contribution is -2.20. The molecule has 0 radical (unpaired) electrons. The van der Waals surface area contributed by atoms with Crippen molar-refractivity contribution in [3.05, 3.63) is 16.6 Å². The fourth-order valence-electron chi connectivity index (χ4n) is 0.738. The lowest BCUT2D eigenvalue weighted by molar-refractivity contribution is -0.138. The third kappa shape index (κ3) is 1.55. The van der Waals surface area contributed by atoms with E-state index in [-0.39, 0.29) is 0 Å². The van der Waals surface area contributed by atoms with E-state index in [0.29, 0.717) is 5.56 Å². The van der Waals surface area contributed by atoms with Gasteiger partial charge in [-0.25, -0.2) is 4.37 Å². The second kappa shape index (κ2) is 2.98. The number of aliphatic carboxylic acids is 1. The number of nitrogens with zero attached hydrogens (tertiary/aromatic N) is 1. The average molecular weight is 172 g/mol. The summed E-state index contributed by atoms with van der Waals surface area (Å²) in [6, 6.07) is -0.936. The SMILES string of the molecule is Cc1sncc1C(N)C(=O)O. The molecule has 0 aliphatic rings.